The van der Waals surface area contributed by atoms with Crippen molar-refractivity contribution in [1.82, 2.24) is 10.2 Å². The van der Waals surface area contributed by atoms with Crippen LogP contribution >= 0.6 is 0 Å². The van der Waals surface area contributed by atoms with Crippen LogP contribution in [0.1, 0.15) is 27.7 Å². The van der Waals surface area contributed by atoms with Crippen LogP contribution in [0.4, 0.5) is 0 Å². The van der Waals surface area contributed by atoms with Gasteiger partial charge in [0.05, 0.1) is 6.17 Å². The molecule has 1 unspecified atom stereocenters. The van der Waals surface area contributed by atoms with E-state index in [9.17, 15) is 0 Å². The average molecular weight is 170 g/mol. The van der Waals surface area contributed by atoms with Crippen LogP contribution in [-0.4, -0.2) is 31.2 Å². The van der Waals surface area contributed by atoms with Crippen molar-refractivity contribution < 1.29 is 0 Å². The molecular weight excluding hydrogens is 148 g/mol. The molecule has 0 aromatic carbocycles. The van der Waals surface area contributed by atoms with Crippen LogP contribution < -0.4 is 5.32 Å². The molecule has 1 rings (SSSR count). The standard InChI is InChI=1S/C10H22N2/c1-8(2)9-11-6-10(3,4)7-12(9)5/h8-9,11H,6-7H2,1-5H3. The van der Waals surface area contributed by atoms with Gasteiger partial charge in [-0.2, -0.15) is 0 Å². The molecule has 1 N–H and O–H groups in total. The lowest BCUT2D eigenvalue weighted by Gasteiger charge is -2.44. The summed E-state index contributed by atoms with van der Waals surface area (Å²) in [6.07, 6.45) is 0.568. The predicted octanol–water partition coefficient (Wildman–Crippen LogP) is 1.53. The van der Waals surface area contributed by atoms with Crippen molar-refractivity contribution in [2.24, 2.45) is 11.3 Å². The van der Waals surface area contributed by atoms with E-state index in [-0.39, 0.29) is 0 Å². The van der Waals surface area contributed by atoms with E-state index in [4.69, 9.17) is 0 Å². The highest BCUT2D eigenvalue weighted by Crippen LogP contribution is 2.22. The number of rotatable bonds is 1. The van der Waals surface area contributed by atoms with E-state index in [0.29, 0.717) is 17.5 Å². The number of nitrogens with one attached hydrogen (secondary N) is 1. The summed E-state index contributed by atoms with van der Waals surface area (Å²) in [7, 11) is 2.21. The summed E-state index contributed by atoms with van der Waals surface area (Å²) in [5.74, 6) is 0.700. The molecule has 12 heavy (non-hydrogen) atoms. The summed E-state index contributed by atoms with van der Waals surface area (Å²) < 4.78 is 0. The molecule has 0 aromatic heterocycles. The highest BCUT2D eigenvalue weighted by molar-refractivity contribution is 4.85. The van der Waals surface area contributed by atoms with Gasteiger partial charge in [0, 0.05) is 13.1 Å². The maximum absolute atomic E-state index is 3.58. The smallest absolute Gasteiger partial charge is 0.0618 e. The highest BCUT2D eigenvalue weighted by atomic mass is 15.3. The van der Waals surface area contributed by atoms with E-state index in [0.717, 1.165) is 6.54 Å². The number of hydrogen-bond donors (Lipinski definition) is 1. The van der Waals surface area contributed by atoms with Crippen molar-refractivity contribution in [3.8, 4) is 0 Å². The second-order valence-corrected chi connectivity index (χ2v) is 5.15. The van der Waals surface area contributed by atoms with Gasteiger partial charge in [-0.25, -0.2) is 0 Å². The van der Waals surface area contributed by atoms with Crippen LogP contribution in [0.5, 0.6) is 0 Å². The summed E-state index contributed by atoms with van der Waals surface area (Å²) in [6, 6.07) is 0. The maximum atomic E-state index is 3.58. The maximum Gasteiger partial charge on any atom is 0.0618 e. The van der Waals surface area contributed by atoms with Gasteiger partial charge in [-0.05, 0) is 18.4 Å². The van der Waals surface area contributed by atoms with E-state index >= 15 is 0 Å². The zero-order valence-corrected chi connectivity index (χ0v) is 9.02. The molecule has 0 aliphatic carbocycles. The molecule has 2 heteroatoms. The van der Waals surface area contributed by atoms with Crippen molar-refractivity contribution in [2.75, 3.05) is 20.1 Å². The summed E-state index contributed by atoms with van der Waals surface area (Å²) in [4.78, 5) is 2.42. The molecule has 1 saturated heterocycles. The predicted molar refractivity (Wildman–Crippen MR) is 53.0 cm³/mol. The number of hydrogen-bond acceptors (Lipinski definition) is 2. The quantitative estimate of drug-likeness (QED) is 0.642. The lowest BCUT2D eigenvalue weighted by atomic mass is 9.89. The molecule has 0 radical (unpaired) electrons. The van der Waals surface area contributed by atoms with E-state index in [1.165, 1.54) is 6.54 Å². The minimum Gasteiger partial charge on any atom is -0.301 e. The molecule has 1 fully saturated rings. The van der Waals surface area contributed by atoms with Gasteiger partial charge in [0.2, 0.25) is 0 Å². The first-order chi connectivity index (χ1) is 5.42. The van der Waals surface area contributed by atoms with Gasteiger partial charge in [-0.15, -0.1) is 0 Å². The Bertz CT molecular complexity index is 152. The Kier molecular flexibility index (Phi) is 2.79. The van der Waals surface area contributed by atoms with Gasteiger partial charge in [0.25, 0.3) is 0 Å². The van der Waals surface area contributed by atoms with Gasteiger partial charge in [-0.3, -0.25) is 4.90 Å². The van der Waals surface area contributed by atoms with E-state index in [1.54, 1.807) is 0 Å². The van der Waals surface area contributed by atoms with Crippen molar-refractivity contribution in [1.29, 1.82) is 0 Å². The van der Waals surface area contributed by atoms with Crippen LogP contribution in [0, 0.1) is 11.3 Å². The summed E-state index contributed by atoms with van der Waals surface area (Å²) in [5, 5.41) is 3.58. The van der Waals surface area contributed by atoms with Gasteiger partial charge < -0.3 is 5.32 Å². The molecule has 2 nitrogen and oxygen atoms in total. The van der Waals surface area contributed by atoms with Crippen LogP contribution in [-0.2, 0) is 0 Å². The molecule has 72 valence electrons. The van der Waals surface area contributed by atoms with Crippen molar-refractivity contribution in [3.05, 3.63) is 0 Å². The van der Waals surface area contributed by atoms with Gasteiger partial charge in [0.15, 0.2) is 0 Å². The third-order valence-corrected chi connectivity index (χ3v) is 2.57. The molecule has 0 bridgehead atoms. The molecule has 1 atom stereocenters. The number of nitrogens with zero attached hydrogens (tertiary/aromatic N) is 1. The normalized spacial score (nSPS) is 31.0. The Morgan fingerprint density at radius 2 is 2.00 bits per heavy atom. The molecular formula is C10H22N2. The van der Waals surface area contributed by atoms with Crippen molar-refractivity contribution in [3.63, 3.8) is 0 Å². The molecule has 0 saturated carbocycles. The molecule has 1 aliphatic rings. The Hall–Kier alpha value is -0.0800. The van der Waals surface area contributed by atoms with Crippen LogP contribution in [0.2, 0.25) is 0 Å². The second kappa shape index (κ2) is 3.35. The third kappa shape index (κ3) is 2.20. The Morgan fingerprint density at radius 3 is 2.42 bits per heavy atom. The summed E-state index contributed by atoms with van der Waals surface area (Å²) in [6.45, 7) is 11.5. The molecule has 1 heterocycles. The van der Waals surface area contributed by atoms with E-state index in [1.807, 2.05) is 0 Å². The second-order valence-electron chi connectivity index (χ2n) is 5.15. The monoisotopic (exact) mass is 170 g/mol. The van der Waals surface area contributed by atoms with Crippen LogP contribution in [0.3, 0.4) is 0 Å². The van der Waals surface area contributed by atoms with E-state index < -0.39 is 0 Å². The molecule has 0 amide bonds. The Balaban J connectivity index is 2.54. The van der Waals surface area contributed by atoms with E-state index in [2.05, 4.69) is 45.0 Å². The highest BCUT2D eigenvalue weighted by Gasteiger charge is 2.31. The molecule has 0 aromatic rings. The Labute approximate surface area is 76.3 Å². The first-order valence-corrected chi connectivity index (χ1v) is 4.86. The zero-order valence-electron chi connectivity index (χ0n) is 9.02. The fourth-order valence-electron chi connectivity index (χ4n) is 2.11. The van der Waals surface area contributed by atoms with Crippen molar-refractivity contribution in [2.45, 2.75) is 33.9 Å². The largest absolute Gasteiger partial charge is 0.301 e. The first kappa shape index (κ1) is 10.0. The SMILES string of the molecule is CC(C)C1NCC(C)(C)CN1C. The van der Waals surface area contributed by atoms with Crippen LogP contribution in [0.15, 0.2) is 0 Å². The minimum absolute atomic E-state index is 0.431. The summed E-state index contributed by atoms with van der Waals surface area (Å²) >= 11 is 0. The lowest BCUT2D eigenvalue weighted by Crippen LogP contribution is -2.58. The van der Waals surface area contributed by atoms with Crippen molar-refractivity contribution >= 4 is 0 Å². The third-order valence-electron chi connectivity index (χ3n) is 2.57. The molecule has 1 aliphatic heterocycles. The van der Waals surface area contributed by atoms with Gasteiger partial charge >= 0.3 is 0 Å². The topological polar surface area (TPSA) is 15.3 Å². The van der Waals surface area contributed by atoms with Crippen LogP contribution in [0.25, 0.3) is 0 Å². The first-order valence-electron chi connectivity index (χ1n) is 4.86. The van der Waals surface area contributed by atoms with Gasteiger partial charge in [-0.1, -0.05) is 27.7 Å². The molecule has 0 spiro atoms. The summed E-state index contributed by atoms with van der Waals surface area (Å²) in [5.41, 5.74) is 0.431. The Morgan fingerprint density at radius 1 is 1.42 bits per heavy atom. The lowest BCUT2D eigenvalue weighted by molar-refractivity contribution is 0.0524. The fourth-order valence-corrected chi connectivity index (χ4v) is 2.11. The zero-order chi connectivity index (χ0) is 9.35. The minimum atomic E-state index is 0.431. The van der Waals surface area contributed by atoms with Gasteiger partial charge in [0.1, 0.15) is 0 Å². The average Bonchev–Trinajstić information content (AvgIpc) is 1.83. The fraction of sp³-hybridized carbons (Fsp3) is 1.00.